The van der Waals surface area contributed by atoms with E-state index in [0.717, 1.165) is 83.8 Å². The average Bonchev–Trinajstić information content (AvgIpc) is 3.63. The van der Waals surface area contributed by atoms with Gasteiger partial charge in [0, 0.05) is 19.0 Å². The Labute approximate surface area is 309 Å². The number of aromatic nitrogens is 4. The smallest absolute Gasteiger partial charge is 0.250 e. The molecule has 0 unspecified atom stereocenters. The summed E-state index contributed by atoms with van der Waals surface area (Å²) in [6, 6.07) is 26.3. The maximum atomic E-state index is 14.0. The van der Waals surface area contributed by atoms with Gasteiger partial charge in [0.05, 0.1) is 35.9 Å². The number of carbonyl (C=O) groups excluding carboxylic acids is 3. The molecule has 0 radical (unpaired) electrons. The molecule has 0 bridgehead atoms. The van der Waals surface area contributed by atoms with E-state index in [4.69, 9.17) is 9.97 Å². The number of hydrogen-bond acceptors (Lipinski definition) is 6. The molecular weight excluding hydrogens is 665 g/mol. The summed E-state index contributed by atoms with van der Waals surface area (Å²) in [4.78, 5) is 63.1. The summed E-state index contributed by atoms with van der Waals surface area (Å²) in [6.07, 6.45) is 8.88. The third kappa shape index (κ3) is 7.13. The first kappa shape index (κ1) is 34.5. The van der Waals surface area contributed by atoms with Crippen LogP contribution >= 0.6 is 0 Å². The molecule has 2 aromatic heterocycles. The molecule has 53 heavy (non-hydrogen) atoms. The Bertz CT molecular complexity index is 2050. The van der Waals surface area contributed by atoms with Gasteiger partial charge in [0.25, 0.3) is 0 Å². The van der Waals surface area contributed by atoms with Gasteiger partial charge in [-0.05, 0) is 74.9 Å². The van der Waals surface area contributed by atoms with Crippen LogP contribution in [0.25, 0.3) is 22.5 Å². The first-order chi connectivity index (χ1) is 25.9. The summed E-state index contributed by atoms with van der Waals surface area (Å²) < 4.78 is 0. The van der Waals surface area contributed by atoms with Gasteiger partial charge in [-0.3, -0.25) is 19.3 Å². The lowest BCUT2D eigenvalue weighted by Gasteiger charge is -2.31. The van der Waals surface area contributed by atoms with Crippen LogP contribution in [0, 0.1) is 5.92 Å². The van der Waals surface area contributed by atoms with Crippen molar-refractivity contribution in [1.29, 1.82) is 0 Å². The molecular formula is C42H46N8O3. The normalized spacial score (nSPS) is 19.8. The lowest BCUT2D eigenvalue weighted by atomic mass is 10.0. The Morgan fingerprint density at radius 2 is 1.17 bits per heavy atom. The molecule has 8 rings (SSSR count). The summed E-state index contributed by atoms with van der Waals surface area (Å²) in [5.74, 6) is 1.49. The third-order valence-electron chi connectivity index (χ3n) is 10.9. The molecule has 3 N–H and O–H groups in total. The number of amides is 3. The fourth-order valence-electron chi connectivity index (χ4n) is 7.92. The molecule has 4 heterocycles. The Morgan fingerprint density at radius 1 is 0.679 bits per heavy atom. The highest BCUT2D eigenvalue weighted by Gasteiger charge is 2.40. The minimum atomic E-state index is -0.726. The lowest BCUT2D eigenvalue weighted by molar-refractivity contribution is -0.138. The summed E-state index contributed by atoms with van der Waals surface area (Å²) in [7, 11) is 3.90. The van der Waals surface area contributed by atoms with Crippen molar-refractivity contribution in [2.45, 2.75) is 62.7 Å². The van der Waals surface area contributed by atoms with Crippen LogP contribution in [0.5, 0.6) is 0 Å². The molecule has 3 amide bonds. The van der Waals surface area contributed by atoms with E-state index >= 15 is 0 Å². The average molecular weight is 711 g/mol. The topological polar surface area (TPSA) is 130 Å². The van der Waals surface area contributed by atoms with Crippen LogP contribution in [0.1, 0.15) is 85.5 Å². The van der Waals surface area contributed by atoms with Gasteiger partial charge in [-0.2, -0.15) is 0 Å². The summed E-state index contributed by atoms with van der Waals surface area (Å²) in [6.45, 7) is 1.31. The lowest BCUT2D eigenvalue weighted by Crippen LogP contribution is -2.43. The van der Waals surface area contributed by atoms with Gasteiger partial charge < -0.3 is 25.1 Å². The number of nitrogens with zero attached hydrogens (tertiary/aromatic N) is 5. The van der Waals surface area contributed by atoms with E-state index in [9.17, 15) is 14.4 Å². The van der Waals surface area contributed by atoms with Gasteiger partial charge in [-0.1, -0.05) is 84.9 Å². The van der Waals surface area contributed by atoms with Gasteiger partial charge in [-0.15, -0.1) is 0 Å². The van der Waals surface area contributed by atoms with Crippen molar-refractivity contribution in [1.82, 2.24) is 40.0 Å². The van der Waals surface area contributed by atoms with Crippen LogP contribution in [-0.4, -0.2) is 79.5 Å². The Morgan fingerprint density at radius 3 is 1.66 bits per heavy atom. The van der Waals surface area contributed by atoms with Crippen LogP contribution in [0.4, 0.5) is 0 Å². The Hall–Kier alpha value is -5.55. The third-order valence-corrected chi connectivity index (χ3v) is 10.9. The van der Waals surface area contributed by atoms with Crippen LogP contribution in [0.3, 0.4) is 0 Å². The number of benzene rings is 3. The number of likely N-dealkylation sites (N-methyl/N-ethyl adjacent to an activating group) is 1. The van der Waals surface area contributed by atoms with E-state index in [0.29, 0.717) is 13.1 Å². The predicted molar refractivity (Wildman–Crippen MR) is 202 cm³/mol. The molecule has 11 heteroatoms. The number of likely N-dealkylation sites (tertiary alicyclic amines) is 2. The van der Waals surface area contributed by atoms with Crippen molar-refractivity contribution in [2.75, 3.05) is 27.2 Å². The first-order valence-corrected chi connectivity index (χ1v) is 18.7. The van der Waals surface area contributed by atoms with Crippen molar-refractivity contribution < 1.29 is 14.4 Å². The number of carbonyl (C=O) groups is 3. The molecule has 2 saturated heterocycles. The number of aromatic amines is 2. The van der Waals surface area contributed by atoms with E-state index in [2.05, 4.69) is 39.6 Å². The second-order valence-electron chi connectivity index (χ2n) is 14.7. The zero-order valence-electron chi connectivity index (χ0n) is 30.2. The fraction of sp³-hybridized carbons (Fsp3) is 0.357. The SMILES string of the molecule is CN(C)[C@@H](C(=O)N1CCC[C@H]1c1ncc(-c2ccc(-c3cnc([C@@H]4CCCN4C(=O)[C@H](NC(=O)C4CC4)c4ccccc4)[nH]3)cc2)[nH]1)c1ccccc1. The second kappa shape index (κ2) is 14.8. The summed E-state index contributed by atoms with van der Waals surface area (Å²) in [5.41, 5.74) is 5.50. The fourth-order valence-corrected chi connectivity index (χ4v) is 7.92. The zero-order chi connectivity index (χ0) is 36.5. The molecule has 272 valence electrons. The van der Waals surface area contributed by atoms with Crippen molar-refractivity contribution >= 4 is 17.7 Å². The molecule has 3 fully saturated rings. The molecule has 3 aromatic carbocycles. The molecule has 0 spiro atoms. The summed E-state index contributed by atoms with van der Waals surface area (Å²) >= 11 is 0. The highest BCUT2D eigenvalue weighted by atomic mass is 16.2. The Balaban J connectivity index is 0.956. The molecule has 11 nitrogen and oxygen atoms in total. The highest BCUT2D eigenvalue weighted by molar-refractivity contribution is 5.90. The minimum Gasteiger partial charge on any atom is -0.340 e. The number of imidazole rings is 2. The standard InChI is InChI=1S/C42H46N8O3/c1-48(2)37(30-13-7-4-8-14-30)42(53)50-24-10-16-35(50)39-44-26-33(46-39)28-19-17-27(18-20-28)32-25-43-38(45-32)34-15-9-23-49(34)41(52)36(29-11-5-3-6-12-29)47-40(51)31-21-22-31/h3-8,11-14,17-20,25-26,31,34-37H,9-10,15-16,21-24H2,1-2H3,(H,43,45)(H,44,46)(H,47,51)/t34-,35-,36+,37+/m0/s1. The monoisotopic (exact) mass is 710 g/mol. The number of rotatable bonds is 11. The van der Waals surface area contributed by atoms with Crippen molar-refractivity contribution in [3.05, 3.63) is 120 Å². The van der Waals surface area contributed by atoms with E-state index in [1.54, 1.807) is 0 Å². The van der Waals surface area contributed by atoms with E-state index in [-0.39, 0.29) is 41.8 Å². The van der Waals surface area contributed by atoms with Crippen molar-refractivity contribution in [2.24, 2.45) is 5.92 Å². The van der Waals surface area contributed by atoms with E-state index < -0.39 is 6.04 Å². The highest BCUT2D eigenvalue weighted by Crippen LogP contribution is 2.37. The first-order valence-electron chi connectivity index (χ1n) is 18.7. The van der Waals surface area contributed by atoms with Crippen LogP contribution in [0.15, 0.2) is 97.3 Å². The van der Waals surface area contributed by atoms with Gasteiger partial charge in [0.1, 0.15) is 23.7 Å². The van der Waals surface area contributed by atoms with Crippen LogP contribution < -0.4 is 5.32 Å². The molecule has 4 atom stereocenters. The second-order valence-corrected chi connectivity index (χ2v) is 14.7. The molecule has 1 aliphatic carbocycles. The maximum Gasteiger partial charge on any atom is 0.250 e. The maximum absolute atomic E-state index is 14.0. The Kier molecular flexibility index (Phi) is 9.66. The number of nitrogens with one attached hydrogen (secondary N) is 3. The van der Waals surface area contributed by atoms with Gasteiger partial charge >= 0.3 is 0 Å². The molecule has 1 saturated carbocycles. The largest absolute Gasteiger partial charge is 0.340 e. The minimum absolute atomic E-state index is 0.00687. The number of hydrogen-bond donors (Lipinski definition) is 3. The quantitative estimate of drug-likeness (QED) is 0.146. The molecule has 3 aliphatic rings. The summed E-state index contributed by atoms with van der Waals surface area (Å²) in [5, 5.41) is 3.05. The van der Waals surface area contributed by atoms with E-state index in [1.807, 2.05) is 102 Å². The van der Waals surface area contributed by atoms with Crippen LogP contribution in [-0.2, 0) is 14.4 Å². The zero-order valence-corrected chi connectivity index (χ0v) is 30.2. The van der Waals surface area contributed by atoms with Gasteiger partial charge in [0.2, 0.25) is 17.7 Å². The van der Waals surface area contributed by atoms with Crippen LogP contribution in [0.2, 0.25) is 0 Å². The molecule has 5 aromatic rings. The predicted octanol–water partition coefficient (Wildman–Crippen LogP) is 6.36. The number of H-pyrrole nitrogens is 2. The molecule has 2 aliphatic heterocycles. The van der Waals surface area contributed by atoms with Gasteiger partial charge in [-0.25, -0.2) is 9.97 Å². The van der Waals surface area contributed by atoms with Gasteiger partial charge in [0.15, 0.2) is 0 Å². The van der Waals surface area contributed by atoms with Crippen molar-refractivity contribution in [3.63, 3.8) is 0 Å². The van der Waals surface area contributed by atoms with Crippen molar-refractivity contribution in [3.8, 4) is 22.5 Å². The van der Waals surface area contributed by atoms with E-state index in [1.165, 1.54) is 0 Å².